The molecule has 2 amide bonds. The first-order valence-electron chi connectivity index (χ1n) is 8.64. The van der Waals surface area contributed by atoms with Gasteiger partial charge in [-0.15, -0.1) is 0 Å². The Bertz CT molecular complexity index is 567. The third-order valence-corrected chi connectivity index (χ3v) is 4.40. The Labute approximate surface area is 144 Å². The molecule has 1 aliphatic heterocycles. The van der Waals surface area contributed by atoms with E-state index in [1.54, 1.807) is 4.90 Å². The van der Waals surface area contributed by atoms with Crippen LogP contribution in [0.3, 0.4) is 0 Å². The SMILES string of the molecule is CCOC(=O)C1CCN(C(=O)Nc2ccc(C(C)(C)C)cc2)CC1. The van der Waals surface area contributed by atoms with Gasteiger partial charge in [-0.25, -0.2) is 4.79 Å². The number of likely N-dealkylation sites (tertiary alicyclic amines) is 1. The van der Waals surface area contributed by atoms with Gasteiger partial charge in [-0.1, -0.05) is 32.9 Å². The van der Waals surface area contributed by atoms with E-state index in [0.717, 1.165) is 5.69 Å². The van der Waals surface area contributed by atoms with Crippen LogP contribution in [0.15, 0.2) is 24.3 Å². The highest BCUT2D eigenvalue weighted by molar-refractivity contribution is 5.89. The summed E-state index contributed by atoms with van der Waals surface area (Å²) in [6.07, 6.45) is 1.32. The summed E-state index contributed by atoms with van der Waals surface area (Å²) in [5.74, 6) is -0.226. The van der Waals surface area contributed by atoms with E-state index < -0.39 is 0 Å². The monoisotopic (exact) mass is 332 g/mol. The highest BCUT2D eigenvalue weighted by Gasteiger charge is 2.28. The second-order valence-corrected chi connectivity index (χ2v) is 7.27. The van der Waals surface area contributed by atoms with Crippen LogP contribution in [0.4, 0.5) is 10.5 Å². The molecule has 1 aliphatic rings. The van der Waals surface area contributed by atoms with Gasteiger partial charge in [-0.2, -0.15) is 0 Å². The van der Waals surface area contributed by atoms with Crippen molar-refractivity contribution in [3.8, 4) is 0 Å². The number of rotatable bonds is 3. The number of hydrogen-bond acceptors (Lipinski definition) is 3. The molecule has 0 unspecified atom stereocenters. The lowest BCUT2D eigenvalue weighted by molar-refractivity contribution is -0.149. The predicted molar refractivity (Wildman–Crippen MR) is 95.1 cm³/mol. The number of piperidine rings is 1. The van der Waals surface area contributed by atoms with Crippen LogP contribution in [0.5, 0.6) is 0 Å². The topological polar surface area (TPSA) is 58.6 Å². The number of urea groups is 1. The second-order valence-electron chi connectivity index (χ2n) is 7.27. The molecule has 0 radical (unpaired) electrons. The first-order chi connectivity index (χ1) is 11.3. The van der Waals surface area contributed by atoms with Gasteiger partial charge in [0.15, 0.2) is 0 Å². The van der Waals surface area contributed by atoms with Crippen molar-refractivity contribution in [3.05, 3.63) is 29.8 Å². The summed E-state index contributed by atoms with van der Waals surface area (Å²) in [7, 11) is 0. The molecule has 132 valence electrons. The summed E-state index contributed by atoms with van der Waals surface area (Å²) in [5.41, 5.74) is 2.12. The van der Waals surface area contributed by atoms with E-state index in [1.807, 2.05) is 31.2 Å². The number of anilines is 1. The van der Waals surface area contributed by atoms with Crippen LogP contribution in [0, 0.1) is 5.92 Å². The highest BCUT2D eigenvalue weighted by Crippen LogP contribution is 2.24. The first-order valence-corrected chi connectivity index (χ1v) is 8.64. The maximum atomic E-state index is 12.4. The average molecular weight is 332 g/mol. The molecule has 5 nitrogen and oxygen atoms in total. The third kappa shape index (κ3) is 4.73. The third-order valence-electron chi connectivity index (χ3n) is 4.40. The molecule has 1 fully saturated rings. The summed E-state index contributed by atoms with van der Waals surface area (Å²) in [5, 5.41) is 2.93. The number of carbonyl (C=O) groups is 2. The number of esters is 1. The van der Waals surface area contributed by atoms with Crippen LogP contribution >= 0.6 is 0 Å². The lowest BCUT2D eigenvalue weighted by Crippen LogP contribution is -2.42. The van der Waals surface area contributed by atoms with Crippen molar-refractivity contribution >= 4 is 17.7 Å². The van der Waals surface area contributed by atoms with Crippen LogP contribution < -0.4 is 5.32 Å². The number of nitrogens with one attached hydrogen (secondary N) is 1. The van der Waals surface area contributed by atoms with E-state index in [9.17, 15) is 9.59 Å². The van der Waals surface area contributed by atoms with Crippen molar-refractivity contribution in [2.45, 2.75) is 46.0 Å². The predicted octanol–water partition coefficient (Wildman–Crippen LogP) is 3.79. The Morgan fingerprint density at radius 3 is 2.25 bits per heavy atom. The summed E-state index contributed by atoms with van der Waals surface area (Å²) in [4.78, 5) is 25.8. The first kappa shape index (κ1) is 18.3. The number of benzene rings is 1. The van der Waals surface area contributed by atoms with E-state index in [4.69, 9.17) is 4.74 Å². The van der Waals surface area contributed by atoms with Gasteiger partial charge in [0.2, 0.25) is 0 Å². The second kappa shape index (κ2) is 7.69. The number of amides is 2. The number of hydrogen-bond donors (Lipinski definition) is 1. The molecule has 0 atom stereocenters. The zero-order chi connectivity index (χ0) is 17.7. The standard InChI is InChI=1S/C19H28N2O3/c1-5-24-17(22)14-10-12-21(13-11-14)18(23)20-16-8-6-15(7-9-16)19(2,3)4/h6-9,14H,5,10-13H2,1-4H3,(H,20,23). The van der Waals surface area contributed by atoms with Gasteiger partial charge in [-0.3, -0.25) is 4.79 Å². The van der Waals surface area contributed by atoms with E-state index in [-0.39, 0.29) is 23.3 Å². The quantitative estimate of drug-likeness (QED) is 0.857. The van der Waals surface area contributed by atoms with Crippen molar-refractivity contribution < 1.29 is 14.3 Å². The maximum Gasteiger partial charge on any atom is 0.321 e. The number of nitrogens with zero attached hydrogens (tertiary/aromatic N) is 1. The Morgan fingerprint density at radius 2 is 1.75 bits per heavy atom. The minimum atomic E-state index is -0.143. The van der Waals surface area contributed by atoms with Crippen LogP contribution in [-0.4, -0.2) is 36.6 Å². The number of ether oxygens (including phenoxy) is 1. The van der Waals surface area contributed by atoms with Gasteiger partial charge in [0.05, 0.1) is 12.5 Å². The van der Waals surface area contributed by atoms with Crippen molar-refractivity contribution in [2.24, 2.45) is 5.92 Å². The molecule has 1 N–H and O–H groups in total. The summed E-state index contributed by atoms with van der Waals surface area (Å²) in [6, 6.07) is 7.85. The molecular formula is C19H28N2O3. The Kier molecular flexibility index (Phi) is 5.86. The molecule has 1 heterocycles. The summed E-state index contributed by atoms with van der Waals surface area (Å²) < 4.78 is 5.05. The molecule has 24 heavy (non-hydrogen) atoms. The normalized spacial score (nSPS) is 15.9. The average Bonchev–Trinajstić information content (AvgIpc) is 2.55. The van der Waals surface area contributed by atoms with Gasteiger partial charge in [-0.05, 0) is 42.9 Å². The molecule has 0 bridgehead atoms. The largest absolute Gasteiger partial charge is 0.466 e. The fraction of sp³-hybridized carbons (Fsp3) is 0.579. The van der Waals surface area contributed by atoms with Gasteiger partial charge in [0.25, 0.3) is 0 Å². The fourth-order valence-corrected chi connectivity index (χ4v) is 2.83. The molecule has 1 aromatic carbocycles. The molecule has 1 aromatic rings. The maximum absolute atomic E-state index is 12.4. The number of carbonyl (C=O) groups excluding carboxylic acids is 2. The van der Waals surface area contributed by atoms with Crippen molar-refractivity contribution in [1.29, 1.82) is 0 Å². The fourth-order valence-electron chi connectivity index (χ4n) is 2.83. The van der Waals surface area contributed by atoms with Crippen LogP contribution in [0.25, 0.3) is 0 Å². The van der Waals surface area contributed by atoms with E-state index in [0.29, 0.717) is 32.5 Å². The Morgan fingerprint density at radius 1 is 1.17 bits per heavy atom. The zero-order valence-electron chi connectivity index (χ0n) is 15.1. The molecule has 0 saturated carbocycles. The van der Waals surface area contributed by atoms with E-state index in [1.165, 1.54) is 5.56 Å². The van der Waals surface area contributed by atoms with Crippen LogP contribution in [0.2, 0.25) is 0 Å². The lowest BCUT2D eigenvalue weighted by atomic mass is 9.87. The van der Waals surface area contributed by atoms with Gasteiger partial charge in [0, 0.05) is 18.8 Å². The van der Waals surface area contributed by atoms with Crippen LogP contribution in [0.1, 0.15) is 46.1 Å². The van der Waals surface area contributed by atoms with Crippen LogP contribution in [-0.2, 0) is 14.9 Å². The van der Waals surface area contributed by atoms with E-state index in [2.05, 4.69) is 26.1 Å². The smallest absolute Gasteiger partial charge is 0.321 e. The molecule has 5 heteroatoms. The van der Waals surface area contributed by atoms with E-state index >= 15 is 0 Å². The van der Waals surface area contributed by atoms with Gasteiger partial charge < -0.3 is 15.0 Å². The minimum absolute atomic E-state index is 0.0833. The molecule has 2 rings (SSSR count). The van der Waals surface area contributed by atoms with Crippen molar-refractivity contribution in [3.63, 3.8) is 0 Å². The summed E-state index contributed by atoms with van der Waals surface area (Å²) >= 11 is 0. The molecule has 0 aliphatic carbocycles. The lowest BCUT2D eigenvalue weighted by Gasteiger charge is -2.31. The van der Waals surface area contributed by atoms with Crippen molar-refractivity contribution in [1.82, 2.24) is 4.90 Å². The Balaban J connectivity index is 1.86. The molecule has 0 spiro atoms. The Hall–Kier alpha value is -2.04. The molecular weight excluding hydrogens is 304 g/mol. The van der Waals surface area contributed by atoms with Gasteiger partial charge >= 0.3 is 12.0 Å². The molecule has 1 saturated heterocycles. The zero-order valence-corrected chi connectivity index (χ0v) is 15.1. The minimum Gasteiger partial charge on any atom is -0.466 e. The highest BCUT2D eigenvalue weighted by atomic mass is 16.5. The van der Waals surface area contributed by atoms with Gasteiger partial charge in [0.1, 0.15) is 0 Å². The van der Waals surface area contributed by atoms with Crippen molar-refractivity contribution in [2.75, 3.05) is 25.0 Å². The summed E-state index contributed by atoms with van der Waals surface area (Å²) in [6.45, 7) is 9.86. The molecule has 0 aromatic heterocycles.